The first-order chi connectivity index (χ1) is 6.43. The van der Waals surface area contributed by atoms with Gasteiger partial charge in [0.1, 0.15) is 5.54 Å². The fourth-order valence-electron chi connectivity index (χ4n) is 0.729. The maximum atomic E-state index is 8.75. The Hall–Kier alpha value is -1.61. The molecule has 0 amide bonds. The highest BCUT2D eigenvalue weighted by Crippen LogP contribution is 2.12. The molecule has 0 aromatic carbocycles. The van der Waals surface area contributed by atoms with Crippen molar-refractivity contribution in [2.75, 3.05) is 11.1 Å². The van der Waals surface area contributed by atoms with Gasteiger partial charge in [-0.15, -0.1) is 0 Å². The summed E-state index contributed by atoms with van der Waals surface area (Å²) in [6, 6.07) is 2.03. The van der Waals surface area contributed by atoms with Gasteiger partial charge >= 0.3 is 0 Å². The van der Waals surface area contributed by atoms with E-state index in [1.165, 1.54) is 0 Å². The number of nitrogens with zero attached hydrogens (tertiary/aromatic N) is 4. The maximum Gasteiger partial charge on any atom is 0.230 e. The Kier molecular flexibility index (Phi) is 2.72. The van der Waals surface area contributed by atoms with Crippen molar-refractivity contribution >= 4 is 23.5 Å². The van der Waals surface area contributed by atoms with Gasteiger partial charge in [-0.3, -0.25) is 0 Å². The first kappa shape index (κ1) is 10.5. The van der Waals surface area contributed by atoms with Gasteiger partial charge in [0.25, 0.3) is 0 Å². The molecule has 0 aliphatic heterocycles. The summed E-state index contributed by atoms with van der Waals surface area (Å²) in [5.74, 6) is 0.204. The predicted molar refractivity (Wildman–Crippen MR) is 52.6 cm³/mol. The lowest BCUT2D eigenvalue weighted by atomic mass is 10.1. The molecule has 6 nitrogen and oxygen atoms in total. The van der Waals surface area contributed by atoms with Gasteiger partial charge < -0.3 is 11.1 Å². The molecule has 7 heteroatoms. The molecular formula is C7H9ClN6. The molecule has 0 saturated carbocycles. The van der Waals surface area contributed by atoms with Crippen molar-refractivity contribution in [1.82, 2.24) is 15.0 Å². The molecule has 1 aromatic rings. The Morgan fingerprint density at radius 3 is 2.57 bits per heavy atom. The standard InChI is InChI=1S/C7H9ClN6/c1-7(2,3-9)14-6-12-4(8)11-5(10)13-6/h1-2H3,(H3,10,11,12,13,14). The average Bonchev–Trinajstić information content (AvgIpc) is 2.01. The molecule has 0 unspecified atom stereocenters. The third kappa shape index (κ3) is 2.71. The molecule has 1 aromatic heterocycles. The van der Waals surface area contributed by atoms with Crippen LogP contribution in [-0.4, -0.2) is 20.5 Å². The number of nitriles is 1. The van der Waals surface area contributed by atoms with Crippen molar-refractivity contribution in [3.05, 3.63) is 5.28 Å². The first-order valence-corrected chi connectivity index (χ1v) is 4.17. The number of anilines is 2. The molecule has 14 heavy (non-hydrogen) atoms. The summed E-state index contributed by atoms with van der Waals surface area (Å²) >= 11 is 5.56. The minimum atomic E-state index is -0.781. The Balaban J connectivity index is 2.94. The van der Waals surface area contributed by atoms with Crippen LogP contribution in [0.1, 0.15) is 13.8 Å². The number of hydrogen-bond acceptors (Lipinski definition) is 6. The maximum absolute atomic E-state index is 8.75. The molecular weight excluding hydrogens is 204 g/mol. The molecule has 0 spiro atoms. The Morgan fingerprint density at radius 2 is 2.07 bits per heavy atom. The lowest BCUT2D eigenvalue weighted by Crippen LogP contribution is -2.29. The number of halogens is 1. The summed E-state index contributed by atoms with van der Waals surface area (Å²) in [5.41, 5.74) is 4.57. The van der Waals surface area contributed by atoms with E-state index >= 15 is 0 Å². The third-order valence-electron chi connectivity index (χ3n) is 1.33. The number of aromatic nitrogens is 3. The van der Waals surface area contributed by atoms with E-state index in [0.29, 0.717) is 0 Å². The Morgan fingerprint density at radius 1 is 1.43 bits per heavy atom. The normalized spacial score (nSPS) is 10.7. The van der Waals surface area contributed by atoms with Gasteiger partial charge in [-0.1, -0.05) is 0 Å². The van der Waals surface area contributed by atoms with Crippen LogP contribution < -0.4 is 11.1 Å². The van der Waals surface area contributed by atoms with E-state index in [2.05, 4.69) is 20.3 Å². The molecule has 0 aliphatic carbocycles. The molecule has 1 rings (SSSR count). The molecule has 0 atom stereocenters. The van der Waals surface area contributed by atoms with Crippen LogP contribution in [0.25, 0.3) is 0 Å². The second-order valence-corrected chi connectivity index (χ2v) is 3.49. The van der Waals surface area contributed by atoms with Gasteiger partial charge in [-0.2, -0.15) is 20.2 Å². The molecule has 3 N–H and O–H groups in total. The lowest BCUT2D eigenvalue weighted by molar-refractivity contribution is 0.715. The summed E-state index contributed by atoms with van der Waals surface area (Å²) in [5, 5.41) is 11.5. The van der Waals surface area contributed by atoms with Crippen LogP contribution in [-0.2, 0) is 0 Å². The number of nitrogens with two attached hydrogens (primary N) is 1. The second kappa shape index (κ2) is 3.64. The van der Waals surface area contributed by atoms with E-state index in [9.17, 15) is 0 Å². The smallest absolute Gasteiger partial charge is 0.230 e. The van der Waals surface area contributed by atoms with Crippen LogP contribution in [0.3, 0.4) is 0 Å². The summed E-state index contributed by atoms with van der Waals surface area (Å²) in [4.78, 5) is 11.1. The molecule has 1 heterocycles. The molecule has 74 valence electrons. The van der Waals surface area contributed by atoms with Crippen molar-refractivity contribution in [3.8, 4) is 6.07 Å². The van der Waals surface area contributed by atoms with Crippen LogP contribution in [0.2, 0.25) is 5.28 Å². The summed E-state index contributed by atoms with van der Waals surface area (Å²) in [6.45, 7) is 3.36. The van der Waals surface area contributed by atoms with Crippen LogP contribution in [0.5, 0.6) is 0 Å². The largest absolute Gasteiger partial charge is 0.368 e. The monoisotopic (exact) mass is 212 g/mol. The van der Waals surface area contributed by atoms with Crippen molar-refractivity contribution in [2.24, 2.45) is 0 Å². The molecule has 0 aliphatic rings. The van der Waals surface area contributed by atoms with Crippen LogP contribution in [0.15, 0.2) is 0 Å². The molecule has 0 radical (unpaired) electrons. The Labute approximate surface area is 86.1 Å². The fraction of sp³-hybridized carbons (Fsp3) is 0.429. The number of hydrogen-bond donors (Lipinski definition) is 2. The quantitative estimate of drug-likeness (QED) is 0.753. The topological polar surface area (TPSA) is 101 Å². The van der Waals surface area contributed by atoms with Gasteiger partial charge in [-0.05, 0) is 25.4 Å². The number of nitrogens with one attached hydrogen (secondary N) is 1. The van der Waals surface area contributed by atoms with Crippen molar-refractivity contribution in [3.63, 3.8) is 0 Å². The second-order valence-electron chi connectivity index (χ2n) is 3.15. The minimum Gasteiger partial charge on any atom is -0.368 e. The van der Waals surface area contributed by atoms with E-state index in [4.69, 9.17) is 22.6 Å². The van der Waals surface area contributed by atoms with Crippen molar-refractivity contribution in [1.29, 1.82) is 5.26 Å². The molecule has 0 bridgehead atoms. The lowest BCUT2D eigenvalue weighted by Gasteiger charge is -2.16. The van der Waals surface area contributed by atoms with Gasteiger partial charge in [0.05, 0.1) is 6.07 Å². The number of nitrogen functional groups attached to an aromatic ring is 1. The van der Waals surface area contributed by atoms with E-state index < -0.39 is 5.54 Å². The van der Waals surface area contributed by atoms with Gasteiger partial charge in [0.15, 0.2) is 0 Å². The van der Waals surface area contributed by atoms with Gasteiger partial charge in [0, 0.05) is 0 Å². The highest BCUT2D eigenvalue weighted by molar-refractivity contribution is 6.28. The zero-order valence-corrected chi connectivity index (χ0v) is 8.50. The van der Waals surface area contributed by atoms with Crippen molar-refractivity contribution < 1.29 is 0 Å². The summed E-state index contributed by atoms with van der Waals surface area (Å²) < 4.78 is 0. The minimum absolute atomic E-state index is 0.00580. The van der Waals surface area contributed by atoms with E-state index in [1.54, 1.807) is 13.8 Å². The highest BCUT2D eigenvalue weighted by atomic mass is 35.5. The summed E-state index contributed by atoms with van der Waals surface area (Å²) in [7, 11) is 0. The van der Waals surface area contributed by atoms with Gasteiger partial charge in [0.2, 0.25) is 17.2 Å². The zero-order valence-electron chi connectivity index (χ0n) is 7.74. The Bertz CT molecular complexity index is 362. The van der Waals surface area contributed by atoms with E-state index in [-0.39, 0.29) is 17.2 Å². The first-order valence-electron chi connectivity index (χ1n) is 3.79. The highest BCUT2D eigenvalue weighted by Gasteiger charge is 2.17. The van der Waals surface area contributed by atoms with Crippen LogP contribution >= 0.6 is 11.6 Å². The predicted octanol–water partition coefficient (Wildman–Crippen LogP) is 0.821. The SMILES string of the molecule is CC(C)(C#N)Nc1nc(N)nc(Cl)n1. The molecule has 0 fully saturated rings. The van der Waals surface area contributed by atoms with E-state index in [1.807, 2.05) is 6.07 Å². The van der Waals surface area contributed by atoms with Crippen LogP contribution in [0, 0.1) is 11.3 Å². The number of rotatable bonds is 2. The molecule has 0 saturated heterocycles. The van der Waals surface area contributed by atoms with Crippen molar-refractivity contribution in [2.45, 2.75) is 19.4 Å². The summed E-state index contributed by atoms with van der Waals surface area (Å²) in [6.07, 6.45) is 0. The average molecular weight is 213 g/mol. The van der Waals surface area contributed by atoms with E-state index in [0.717, 1.165) is 0 Å². The van der Waals surface area contributed by atoms with Crippen LogP contribution in [0.4, 0.5) is 11.9 Å². The third-order valence-corrected chi connectivity index (χ3v) is 1.50. The zero-order chi connectivity index (χ0) is 10.8. The fourth-order valence-corrected chi connectivity index (χ4v) is 0.895. The van der Waals surface area contributed by atoms with Gasteiger partial charge in [-0.25, -0.2) is 0 Å².